The van der Waals surface area contributed by atoms with E-state index >= 15 is 0 Å². The molecule has 0 aliphatic heterocycles. The SMILES string of the molecule is CCCCCCc1ccc(NC(=O)Cc2csc(N=C(N)N)n2)cc1. The molecule has 0 unspecified atom stereocenters. The number of nitrogens with two attached hydrogens (primary N) is 2. The second-order valence-corrected chi connectivity index (χ2v) is 6.73. The lowest BCUT2D eigenvalue weighted by molar-refractivity contribution is -0.115. The van der Waals surface area contributed by atoms with Gasteiger partial charge in [0.25, 0.3) is 0 Å². The number of benzene rings is 1. The van der Waals surface area contributed by atoms with Gasteiger partial charge in [0.15, 0.2) is 5.96 Å². The van der Waals surface area contributed by atoms with Crippen LogP contribution in [0, 0.1) is 0 Å². The lowest BCUT2D eigenvalue weighted by atomic mass is 10.1. The Hall–Kier alpha value is -2.41. The molecule has 0 aliphatic carbocycles. The van der Waals surface area contributed by atoms with E-state index in [1.54, 1.807) is 5.38 Å². The summed E-state index contributed by atoms with van der Waals surface area (Å²) in [6.45, 7) is 2.21. The third-order valence-corrected chi connectivity index (χ3v) is 4.45. The van der Waals surface area contributed by atoms with Crippen LogP contribution in [0.5, 0.6) is 0 Å². The average molecular weight is 359 g/mol. The van der Waals surface area contributed by atoms with Crippen LogP contribution in [0.25, 0.3) is 0 Å². The first-order valence-electron chi connectivity index (χ1n) is 8.49. The van der Waals surface area contributed by atoms with E-state index in [-0.39, 0.29) is 18.3 Å². The summed E-state index contributed by atoms with van der Waals surface area (Å²) in [5.74, 6) is -0.155. The van der Waals surface area contributed by atoms with E-state index in [0.29, 0.717) is 10.8 Å². The van der Waals surface area contributed by atoms with Crippen LogP contribution in [0.2, 0.25) is 0 Å². The number of thiazole rings is 1. The van der Waals surface area contributed by atoms with E-state index < -0.39 is 0 Å². The number of aryl methyl sites for hydroxylation is 1. The Morgan fingerprint density at radius 3 is 2.64 bits per heavy atom. The van der Waals surface area contributed by atoms with Crippen molar-refractivity contribution in [2.75, 3.05) is 5.32 Å². The number of carbonyl (C=O) groups is 1. The molecule has 25 heavy (non-hydrogen) atoms. The van der Waals surface area contributed by atoms with Crippen molar-refractivity contribution in [1.29, 1.82) is 0 Å². The number of carbonyl (C=O) groups excluding carboxylic acids is 1. The molecule has 6 nitrogen and oxygen atoms in total. The summed E-state index contributed by atoms with van der Waals surface area (Å²) in [6.07, 6.45) is 6.29. The number of hydrogen-bond acceptors (Lipinski definition) is 4. The number of hydrogen-bond donors (Lipinski definition) is 3. The molecule has 0 atom stereocenters. The highest BCUT2D eigenvalue weighted by atomic mass is 32.1. The summed E-state index contributed by atoms with van der Waals surface area (Å²) in [5.41, 5.74) is 13.4. The van der Waals surface area contributed by atoms with E-state index in [9.17, 15) is 4.79 Å². The van der Waals surface area contributed by atoms with Gasteiger partial charge in [-0.15, -0.1) is 11.3 Å². The molecular formula is C18H25N5OS. The first-order chi connectivity index (χ1) is 12.1. The molecule has 0 spiro atoms. The summed E-state index contributed by atoms with van der Waals surface area (Å²) in [5, 5.41) is 5.12. The molecule has 0 bridgehead atoms. The van der Waals surface area contributed by atoms with Gasteiger partial charge in [-0.25, -0.2) is 4.98 Å². The monoisotopic (exact) mass is 359 g/mol. The number of guanidine groups is 1. The molecule has 1 amide bonds. The van der Waals surface area contributed by atoms with Gasteiger partial charge in [-0.3, -0.25) is 4.79 Å². The first-order valence-corrected chi connectivity index (χ1v) is 9.37. The number of unbranched alkanes of at least 4 members (excludes halogenated alkanes) is 3. The second-order valence-electron chi connectivity index (χ2n) is 5.89. The highest BCUT2D eigenvalue weighted by molar-refractivity contribution is 7.13. The molecule has 2 aromatic rings. The zero-order valence-electron chi connectivity index (χ0n) is 14.5. The number of amides is 1. The van der Waals surface area contributed by atoms with Gasteiger partial charge in [0.05, 0.1) is 12.1 Å². The fourth-order valence-corrected chi connectivity index (χ4v) is 3.13. The number of anilines is 1. The minimum atomic E-state index is -0.114. The summed E-state index contributed by atoms with van der Waals surface area (Å²) in [7, 11) is 0. The topological polar surface area (TPSA) is 106 Å². The third kappa shape index (κ3) is 6.93. The summed E-state index contributed by atoms with van der Waals surface area (Å²) < 4.78 is 0. The fraction of sp³-hybridized carbons (Fsp3) is 0.389. The summed E-state index contributed by atoms with van der Waals surface area (Å²) in [6, 6.07) is 8.03. The van der Waals surface area contributed by atoms with Crippen LogP contribution in [0.15, 0.2) is 34.6 Å². The van der Waals surface area contributed by atoms with Crippen molar-refractivity contribution in [2.45, 2.75) is 45.4 Å². The van der Waals surface area contributed by atoms with E-state index in [4.69, 9.17) is 11.5 Å². The average Bonchev–Trinajstić information content (AvgIpc) is 2.99. The number of aromatic nitrogens is 1. The van der Waals surface area contributed by atoms with Crippen molar-refractivity contribution in [2.24, 2.45) is 16.5 Å². The Morgan fingerprint density at radius 1 is 1.20 bits per heavy atom. The normalized spacial score (nSPS) is 10.4. The third-order valence-electron chi connectivity index (χ3n) is 3.66. The quantitative estimate of drug-likeness (QED) is 0.362. The predicted molar refractivity (Wildman–Crippen MR) is 104 cm³/mol. The summed E-state index contributed by atoms with van der Waals surface area (Å²) in [4.78, 5) is 20.2. The molecule has 1 aromatic carbocycles. The van der Waals surface area contributed by atoms with Crippen LogP contribution in [0.4, 0.5) is 10.8 Å². The van der Waals surface area contributed by atoms with Gasteiger partial charge in [0.2, 0.25) is 11.0 Å². The molecule has 1 heterocycles. The maximum atomic E-state index is 12.1. The van der Waals surface area contributed by atoms with Crippen LogP contribution < -0.4 is 16.8 Å². The van der Waals surface area contributed by atoms with Gasteiger partial charge >= 0.3 is 0 Å². The van der Waals surface area contributed by atoms with Crippen LogP contribution in [-0.2, 0) is 17.6 Å². The molecule has 1 aromatic heterocycles. The van der Waals surface area contributed by atoms with E-state index in [1.807, 2.05) is 12.1 Å². The maximum absolute atomic E-state index is 12.1. The standard InChI is InChI=1S/C18H25N5OS/c1-2-3-4-5-6-13-7-9-14(10-8-13)21-16(24)11-15-12-25-18(22-15)23-17(19)20/h7-10,12H,2-6,11H2,1H3,(H,21,24)(H4,19,20,22,23). The number of nitrogens with one attached hydrogen (secondary N) is 1. The Morgan fingerprint density at radius 2 is 1.96 bits per heavy atom. The number of aliphatic imine (C=N–C) groups is 1. The molecule has 134 valence electrons. The first kappa shape index (κ1) is 18.9. The van der Waals surface area contributed by atoms with Crippen molar-refractivity contribution in [3.8, 4) is 0 Å². The molecule has 0 radical (unpaired) electrons. The van der Waals surface area contributed by atoms with Gasteiger partial charge in [-0.2, -0.15) is 4.99 Å². The van der Waals surface area contributed by atoms with Gasteiger partial charge in [0, 0.05) is 11.1 Å². The van der Waals surface area contributed by atoms with Gasteiger partial charge in [-0.05, 0) is 30.5 Å². The lowest BCUT2D eigenvalue weighted by Gasteiger charge is -2.06. The minimum Gasteiger partial charge on any atom is -0.370 e. The molecule has 2 rings (SSSR count). The van der Waals surface area contributed by atoms with E-state index in [1.165, 1.54) is 42.6 Å². The molecule has 5 N–H and O–H groups in total. The van der Waals surface area contributed by atoms with Crippen LogP contribution in [0.1, 0.15) is 43.9 Å². The Balaban J connectivity index is 1.82. The largest absolute Gasteiger partial charge is 0.370 e. The van der Waals surface area contributed by atoms with Crippen LogP contribution in [-0.4, -0.2) is 16.9 Å². The zero-order valence-corrected chi connectivity index (χ0v) is 15.3. The van der Waals surface area contributed by atoms with Gasteiger partial charge in [0.1, 0.15) is 0 Å². The van der Waals surface area contributed by atoms with Crippen molar-refractivity contribution in [1.82, 2.24) is 4.98 Å². The Labute approximate surface area is 152 Å². The van der Waals surface area contributed by atoms with Crippen molar-refractivity contribution in [3.05, 3.63) is 40.9 Å². The van der Waals surface area contributed by atoms with Gasteiger partial charge in [-0.1, -0.05) is 38.3 Å². The van der Waals surface area contributed by atoms with Crippen LogP contribution in [0.3, 0.4) is 0 Å². The van der Waals surface area contributed by atoms with E-state index in [0.717, 1.165) is 12.1 Å². The minimum absolute atomic E-state index is 0.0415. The number of rotatable bonds is 9. The fourth-order valence-electron chi connectivity index (χ4n) is 2.42. The lowest BCUT2D eigenvalue weighted by Crippen LogP contribution is -2.21. The van der Waals surface area contributed by atoms with Crippen molar-refractivity contribution < 1.29 is 4.79 Å². The summed E-state index contributed by atoms with van der Waals surface area (Å²) >= 11 is 1.30. The molecule has 0 saturated carbocycles. The highest BCUT2D eigenvalue weighted by Crippen LogP contribution is 2.19. The van der Waals surface area contributed by atoms with Gasteiger partial charge < -0.3 is 16.8 Å². The Bertz CT molecular complexity index is 705. The predicted octanol–water partition coefficient (Wildman–Crippen LogP) is 3.35. The van der Waals surface area contributed by atoms with Crippen molar-refractivity contribution in [3.63, 3.8) is 0 Å². The maximum Gasteiger partial charge on any atom is 0.230 e. The molecule has 0 fully saturated rings. The van der Waals surface area contributed by atoms with Crippen molar-refractivity contribution >= 4 is 34.0 Å². The zero-order chi connectivity index (χ0) is 18.1. The second kappa shape index (κ2) is 9.78. The molecular weight excluding hydrogens is 334 g/mol. The highest BCUT2D eigenvalue weighted by Gasteiger charge is 2.08. The van der Waals surface area contributed by atoms with Crippen LogP contribution >= 0.6 is 11.3 Å². The molecule has 7 heteroatoms. The Kier molecular flexibility index (Phi) is 7.40. The molecule has 0 saturated heterocycles. The van der Waals surface area contributed by atoms with E-state index in [2.05, 4.69) is 34.3 Å². The number of nitrogens with zero attached hydrogens (tertiary/aromatic N) is 2. The molecule has 0 aliphatic rings. The smallest absolute Gasteiger partial charge is 0.230 e.